The normalized spacial score (nSPS) is 15.8. The minimum absolute atomic E-state index is 0.319. The SMILES string of the molecule is Cc1nc2ccnn2cc1C(=O)NC1(c2ccc(F)cc2F)CCC1. The molecule has 1 aliphatic carbocycles. The molecule has 0 unspecified atom stereocenters. The summed E-state index contributed by atoms with van der Waals surface area (Å²) in [5.74, 6) is -1.62. The first-order valence-corrected chi connectivity index (χ1v) is 8.08. The van der Waals surface area contributed by atoms with Crippen molar-refractivity contribution in [3.05, 3.63) is 65.1 Å². The molecule has 7 heteroatoms. The van der Waals surface area contributed by atoms with Crippen molar-refractivity contribution < 1.29 is 13.6 Å². The van der Waals surface area contributed by atoms with Gasteiger partial charge in [-0.2, -0.15) is 5.10 Å². The lowest BCUT2D eigenvalue weighted by Gasteiger charge is -2.43. The quantitative estimate of drug-likeness (QED) is 0.796. The van der Waals surface area contributed by atoms with E-state index in [1.165, 1.54) is 16.6 Å². The molecule has 25 heavy (non-hydrogen) atoms. The summed E-state index contributed by atoms with van der Waals surface area (Å²) in [6.07, 6.45) is 5.30. The summed E-state index contributed by atoms with van der Waals surface area (Å²) in [6, 6.07) is 5.22. The fraction of sp³-hybridized carbons (Fsp3) is 0.278. The number of rotatable bonds is 3. The number of hydrogen-bond donors (Lipinski definition) is 1. The number of benzene rings is 1. The predicted molar refractivity (Wildman–Crippen MR) is 87.1 cm³/mol. The molecule has 1 N–H and O–H groups in total. The van der Waals surface area contributed by atoms with E-state index in [9.17, 15) is 13.6 Å². The van der Waals surface area contributed by atoms with Crippen LogP contribution in [0.25, 0.3) is 5.65 Å². The van der Waals surface area contributed by atoms with E-state index in [-0.39, 0.29) is 5.91 Å². The molecule has 1 aromatic carbocycles. The summed E-state index contributed by atoms with van der Waals surface area (Å²) in [5, 5.41) is 7.03. The van der Waals surface area contributed by atoms with Gasteiger partial charge in [-0.1, -0.05) is 6.07 Å². The third-order valence-corrected chi connectivity index (χ3v) is 4.82. The van der Waals surface area contributed by atoms with Gasteiger partial charge >= 0.3 is 0 Å². The highest BCUT2D eigenvalue weighted by molar-refractivity contribution is 5.95. The van der Waals surface area contributed by atoms with E-state index in [1.807, 2.05) is 0 Å². The van der Waals surface area contributed by atoms with Gasteiger partial charge in [-0.05, 0) is 32.3 Å². The van der Waals surface area contributed by atoms with Crippen molar-refractivity contribution in [2.24, 2.45) is 0 Å². The molecule has 5 nitrogen and oxygen atoms in total. The van der Waals surface area contributed by atoms with Crippen LogP contribution < -0.4 is 5.32 Å². The van der Waals surface area contributed by atoms with Crippen molar-refractivity contribution in [1.82, 2.24) is 19.9 Å². The fourth-order valence-electron chi connectivity index (χ4n) is 3.32. The largest absolute Gasteiger partial charge is 0.342 e. The van der Waals surface area contributed by atoms with E-state index in [4.69, 9.17) is 0 Å². The lowest BCUT2D eigenvalue weighted by Crippen LogP contribution is -2.51. The number of nitrogens with one attached hydrogen (secondary N) is 1. The van der Waals surface area contributed by atoms with Crippen LogP contribution in [0.4, 0.5) is 8.78 Å². The summed E-state index contributed by atoms with van der Waals surface area (Å²) < 4.78 is 29.0. The first-order valence-electron chi connectivity index (χ1n) is 8.08. The topological polar surface area (TPSA) is 59.3 Å². The molecule has 128 valence electrons. The third-order valence-electron chi connectivity index (χ3n) is 4.82. The molecule has 3 aromatic rings. The molecule has 0 saturated heterocycles. The Morgan fingerprint density at radius 3 is 2.76 bits per heavy atom. The standard InChI is InChI=1S/C18H16F2N4O/c1-11-13(10-24-16(22-11)5-8-21-24)17(25)23-18(6-2-7-18)14-4-3-12(19)9-15(14)20/h3-5,8-10H,2,6-7H2,1H3,(H,23,25). The lowest BCUT2D eigenvalue weighted by molar-refractivity contribution is 0.0816. The van der Waals surface area contributed by atoms with Gasteiger partial charge in [-0.3, -0.25) is 4.79 Å². The molecule has 4 rings (SSSR count). The maximum atomic E-state index is 14.2. The van der Waals surface area contributed by atoms with Crippen molar-refractivity contribution in [3.63, 3.8) is 0 Å². The number of halogens is 2. The number of hydrogen-bond acceptors (Lipinski definition) is 3. The van der Waals surface area contributed by atoms with Gasteiger partial charge < -0.3 is 5.32 Å². The molecule has 2 heterocycles. The fourth-order valence-corrected chi connectivity index (χ4v) is 3.32. The van der Waals surface area contributed by atoms with Crippen LogP contribution in [-0.2, 0) is 5.54 Å². The van der Waals surface area contributed by atoms with Crippen molar-refractivity contribution >= 4 is 11.6 Å². The highest BCUT2D eigenvalue weighted by Crippen LogP contribution is 2.42. The second kappa shape index (κ2) is 5.61. The first-order chi connectivity index (χ1) is 12.0. The van der Waals surface area contributed by atoms with Gasteiger partial charge in [0.2, 0.25) is 0 Å². The van der Waals surface area contributed by atoms with Crippen LogP contribution in [0.15, 0.2) is 36.7 Å². The van der Waals surface area contributed by atoms with Crippen molar-refractivity contribution in [1.29, 1.82) is 0 Å². The zero-order chi connectivity index (χ0) is 17.6. The van der Waals surface area contributed by atoms with E-state index < -0.39 is 17.2 Å². The second-order valence-corrected chi connectivity index (χ2v) is 6.39. The van der Waals surface area contributed by atoms with Gasteiger partial charge in [0, 0.05) is 23.9 Å². The Labute approximate surface area is 142 Å². The van der Waals surface area contributed by atoms with Crippen LogP contribution in [0.1, 0.15) is 40.9 Å². The molecule has 0 radical (unpaired) electrons. The summed E-state index contributed by atoms with van der Waals surface area (Å²) >= 11 is 0. The molecular weight excluding hydrogens is 326 g/mol. The molecule has 1 fully saturated rings. The second-order valence-electron chi connectivity index (χ2n) is 6.39. The van der Waals surface area contributed by atoms with E-state index in [0.717, 1.165) is 12.5 Å². The van der Waals surface area contributed by atoms with Crippen molar-refractivity contribution in [2.45, 2.75) is 31.7 Å². The minimum Gasteiger partial charge on any atom is -0.342 e. The number of carbonyl (C=O) groups is 1. The maximum Gasteiger partial charge on any atom is 0.255 e. The molecule has 0 aliphatic heterocycles. The van der Waals surface area contributed by atoms with Gasteiger partial charge in [-0.25, -0.2) is 18.3 Å². The Balaban J connectivity index is 1.69. The van der Waals surface area contributed by atoms with Crippen LogP contribution in [-0.4, -0.2) is 20.5 Å². The van der Waals surface area contributed by atoms with Gasteiger partial charge in [0.05, 0.1) is 23.0 Å². The smallest absolute Gasteiger partial charge is 0.255 e. The number of amides is 1. The van der Waals surface area contributed by atoms with Crippen molar-refractivity contribution in [2.75, 3.05) is 0 Å². The average Bonchev–Trinajstić information content (AvgIpc) is 2.97. The summed E-state index contributed by atoms with van der Waals surface area (Å²) in [6.45, 7) is 1.74. The molecule has 1 amide bonds. The van der Waals surface area contributed by atoms with E-state index >= 15 is 0 Å². The van der Waals surface area contributed by atoms with E-state index in [1.54, 1.807) is 25.4 Å². The highest BCUT2D eigenvalue weighted by atomic mass is 19.1. The highest BCUT2D eigenvalue weighted by Gasteiger charge is 2.42. The van der Waals surface area contributed by atoms with E-state index in [2.05, 4.69) is 15.4 Å². The Morgan fingerprint density at radius 1 is 1.28 bits per heavy atom. The molecule has 0 atom stereocenters. The monoisotopic (exact) mass is 342 g/mol. The molecule has 0 bridgehead atoms. The van der Waals surface area contributed by atoms with Crippen LogP contribution in [0.2, 0.25) is 0 Å². The molecule has 2 aromatic heterocycles. The molecular formula is C18H16F2N4O. The van der Waals surface area contributed by atoms with E-state index in [0.29, 0.717) is 35.3 Å². The number of fused-ring (bicyclic) bond motifs is 1. The van der Waals surface area contributed by atoms with Crippen molar-refractivity contribution in [3.8, 4) is 0 Å². The summed E-state index contributed by atoms with van der Waals surface area (Å²) in [7, 11) is 0. The van der Waals surface area contributed by atoms with Crippen LogP contribution in [0.5, 0.6) is 0 Å². The third kappa shape index (κ3) is 2.56. The number of nitrogens with zero attached hydrogens (tertiary/aromatic N) is 3. The predicted octanol–water partition coefficient (Wildman–Crippen LogP) is 3.13. The van der Waals surface area contributed by atoms with Gasteiger partial charge in [0.25, 0.3) is 5.91 Å². The number of aromatic nitrogens is 3. The van der Waals surface area contributed by atoms with Gasteiger partial charge in [-0.15, -0.1) is 0 Å². The number of aryl methyl sites for hydroxylation is 1. The number of carbonyl (C=O) groups excluding carboxylic acids is 1. The Kier molecular flexibility index (Phi) is 3.52. The van der Waals surface area contributed by atoms with Crippen LogP contribution >= 0.6 is 0 Å². The summed E-state index contributed by atoms with van der Waals surface area (Å²) in [5.41, 5.74) is 1.11. The average molecular weight is 342 g/mol. The van der Waals surface area contributed by atoms with Crippen LogP contribution in [0, 0.1) is 18.6 Å². The molecule has 1 saturated carbocycles. The maximum absolute atomic E-state index is 14.2. The Morgan fingerprint density at radius 2 is 2.08 bits per heavy atom. The zero-order valence-electron chi connectivity index (χ0n) is 13.6. The zero-order valence-corrected chi connectivity index (χ0v) is 13.6. The lowest BCUT2D eigenvalue weighted by atomic mass is 9.71. The Hall–Kier alpha value is -2.83. The Bertz CT molecular complexity index is 978. The summed E-state index contributed by atoms with van der Waals surface area (Å²) in [4.78, 5) is 17.2. The van der Waals surface area contributed by atoms with Gasteiger partial charge in [0.1, 0.15) is 11.6 Å². The van der Waals surface area contributed by atoms with Gasteiger partial charge in [0.15, 0.2) is 5.65 Å². The molecule has 1 aliphatic rings. The first kappa shape index (κ1) is 15.7. The minimum atomic E-state index is -0.805. The molecule has 0 spiro atoms. The van der Waals surface area contributed by atoms with Crippen LogP contribution in [0.3, 0.4) is 0 Å².